The van der Waals surface area contributed by atoms with Gasteiger partial charge in [-0.25, -0.2) is 0 Å². The molecule has 0 unspecified atom stereocenters. The lowest BCUT2D eigenvalue weighted by atomic mass is 9.97. The maximum atomic E-state index is 13.4. The number of nitrogens with zero attached hydrogens (tertiary/aromatic N) is 2. The van der Waals surface area contributed by atoms with Gasteiger partial charge in [-0.05, 0) is 44.6 Å². The first kappa shape index (κ1) is 25.7. The van der Waals surface area contributed by atoms with Gasteiger partial charge >= 0.3 is 0 Å². The third-order valence-electron chi connectivity index (χ3n) is 6.99. The average Bonchev–Trinajstić information content (AvgIpc) is 3.45. The van der Waals surface area contributed by atoms with E-state index in [1.165, 1.54) is 30.8 Å². The molecular weight excluding hydrogens is 458 g/mol. The zero-order chi connectivity index (χ0) is 25.5. The summed E-state index contributed by atoms with van der Waals surface area (Å²) in [5, 5.41) is 2.89. The third kappa shape index (κ3) is 6.05. The molecule has 1 saturated heterocycles. The lowest BCUT2D eigenvalue weighted by Crippen LogP contribution is -2.41. The van der Waals surface area contributed by atoms with Crippen molar-refractivity contribution in [1.82, 2.24) is 14.8 Å². The highest BCUT2D eigenvalue weighted by atomic mass is 16.5. The second-order valence-corrected chi connectivity index (χ2v) is 9.45. The van der Waals surface area contributed by atoms with Crippen LogP contribution in [-0.4, -0.2) is 61.2 Å². The Balaban J connectivity index is 1.61. The molecule has 2 aromatic rings. The Hall–Kier alpha value is -3.39. The Morgan fingerprint density at radius 1 is 1.19 bits per heavy atom. The van der Waals surface area contributed by atoms with E-state index in [9.17, 15) is 14.4 Å². The highest BCUT2D eigenvalue weighted by Crippen LogP contribution is 2.21. The van der Waals surface area contributed by atoms with E-state index in [-0.39, 0.29) is 17.2 Å². The van der Waals surface area contributed by atoms with E-state index in [1.807, 2.05) is 24.3 Å². The quantitative estimate of drug-likeness (QED) is 0.541. The molecule has 1 atom stereocenters. The second kappa shape index (κ2) is 12.0. The van der Waals surface area contributed by atoms with Gasteiger partial charge in [0, 0.05) is 38.2 Å². The molecule has 4 rings (SSSR count). The van der Waals surface area contributed by atoms with Gasteiger partial charge in [0.25, 0.3) is 11.8 Å². The number of rotatable bonds is 9. The Morgan fingerprint density at radius 2 is 2.00 bits per heavy atom. The van der Waals surface area contributed by atoms with Crippen molar-refractivity contribution in [1.29, 1.82) is 0 Å². The molecule has 0 radical (unpaired) electrons. The van der Waals surface area contributed by atoms with Gasteiger partial charge in [-0.1, -0.05) is 29.8 Å². The number of benzene rings is 1. The smallest absolute Gasteiger partial charge is 0.259 e. The Bertz CT molecular complexity index is 1180. The van der Waals surface area contributed by atoms with Crippen LogP contribution < -0.4 is 15.5 Å². The molecule has 8 nitrogen and oxygen atoms in total. The van der Waals surface area contributed by atoms with Crippen molar-refractivity contribution in [3.05, 3.63) is 75.2 Å². The lowest BCUT2D eigenvalue weighted by Gasteiger charge is -2.23. The zero-order valence-corrected chi connectivity index (χ0v) is 21.1. The maximum absolute atomic E-state index is 13.4. The number of carbonyl (C=O) groups is 2. The van der Waals surface area contributed by atoms with Gasteiger partial charge in [0.2, 0.25) is 5.43 Å². The van der Waals surface area contributed by atoms with Gasteiger partial charge in [-0.15, -0.1) is 0 Å². The summed E-state index contributed by atoms with van der Waals surface area (Å²) >= 11 is 0. The fourth-order valence-corrected chi connectivity index (χ4v) is 4.81. The summed E-state index contributed by atoms with van der Waals surface area (Å²) in [4.78, 5) is 41.4. The molecule has 2 aliphatic rings. The Kier molecular flexibility index (Phi) is 8.59. The average molecular weight is 494 g/mol. The minimum Gasteiger partial charge on any atom is -0.496 e. The fraction of sp³-hybridized carbons (Fsp3) is 0.464. The number of nitrogens with one attached hydrogen (secondary N) is 1. The van der Waals surface area contributed by atoms with Crippen molar-refractivity contribution in [3.8, 4) is 5.75 Å². The van der Waals surface area contributed by atoms with E-state index >= 15 is 0 Å². The number of ether oxygens (including phenoxy) is 2. The summed E-state index contributed by atoms with van der Waals surface area (Å²) in [5.41, 5.74) is 1.59. The van der Waals surface area contributed by atoms with Crippen molar-refractivity contribution >= 4 is 11.8 Å². The summed E-state index contributed by atoms with van der Waals surface area (Å²) in [5.74, 6) is -0.186. The third-order valence-corrected chi connectivity index (χ3v) is 6.99. The molecule has 8 heteroatoms. The molecule has 0 bridgehead atoms. The van der Waals surface area contributed by atoms with E-state index in [4.69, 9.17) is 9.47 Å². The number of methoxy groups -OCH3 is 1. The molecule has 1 N–H and O–H groups in total. The molecule has 1 fully saturated rings. The van der Waals surface area contributed by atoms with Crippen LogP contribution in [0.15, 0.2) is 53.1 Å². The van der Waals surface area contributed by atoms with Crippen LogP contribution in [-0.2, 0) is 11.3 Å². The highest BCUT2D eigenvalue weighted by Gasteiger charge is 2.28. The van der Waals surface area contributed by atoms with Gasteiger partial charge in [0.05, 0.1) is 26.3 Å². The topological polar surface area (TPSA) is 89.9 Å². The summed E-state index contributed by atoms with van der Waals surface area (Å²) < 4.78 is 12.6. The molecule has 2 amide bonds. The van der Waals surface area contributed by atoms with Gasteiger partial charge in [0.15, 0.2) is 0 Å². The van der Waals surface area contributed by atoms with E-state index in [0.29, 0.717) is 38.5 Å². The van der Waals surface area contributed by atoms with Gasteiger partial charge in [0.1, 0.15) is 16.9 Å². The van der Waals surface area contributed by atoms with E-state index < -0.39 is 17.2 Å². The Morgan fingerprint density at radius 3 is 2.72 bits per heavy atom. The number of hydrogen-bond acceptors (Lipinski definition) is 5. The molecule has 0 saturated carbocycles. The molecule has 2 heterocycles. The summed E-state index contributed by atoms with van der Waals surface area (Å²) in [7, 11) is 3.27. The molecule has 1 aliphatic carbocycles. The van der Waals surface area contributed by atoms with Crippen LogP contribution in [0.25, 0.3) is 0 Å². The largest absolute Gasteiger partial charge is 0.496 e. The van der Waals surface area contributed by atoms with Gasteiger partial charge in [-0.3, -0.25) is 14.4 Å². The monoisotopic (exact) mass is 493 g/mol. The zero-order valence-electron chi connectivity index (χ0n) is 21.1. The van der Waals surface area contributed by atoms with E-state index in [0.717, 1.165) is 24.8 Å². The van der Waals surface area contributed by atoms with Crippen LogP contribution in [0, 0.1) is 0 Å². The lowest BCUT2D eigenvalue weighted by molar-refractivity contribution is 0.0709. The van der Waals surface area contributed by atoms with Crippen molar-refractivity contribution in [3.63, 3.8) is 0 Å². The molecule has 1 aliphatic heterocycles. The van der Waals surface area contributed by atoms with Gasteiger partial charge in [-0.2, -0.15) is 0 Å². The number of likely N-dealkylation sites (N-methyl/N-ethyl adjacent to an activating group) is 1. The number of allylic oxidation sites excluding steroid dienone is 1. The summed E-state index contributed by atoms with van der Waals surface area (Å²) in [6.07, 6.45) is 11.3. The van der Waals surface area contributed by atoms with Crippen LogP contribution in [0.4, 0.5) is 0 Å². The van der Waals surface area contributed by atoms with Crippen LogP contribution >= 0.6 is 0 Å². The summed E-state index contributed by atoms with van der Waals surface area (Å²) in [6.45, 7) is 1.81. The van der Waals surface area contributed by atoms with Crippen molar-refractivity contribution in [2.75, 3.05) is 33.9 Å². The number of pyridine rings is 1. The minimum atomic E-state index is -0.559. The van der Waals surface area contributed by atoms with E-state index in [1.54, 1.807) is 23.6 Å². The number of hydrogen-bond donors (Lipinski definition) is 1. The first-order valence-corrected chi connectivity index (χ1v) is 12.6. The molecule has 1 aromatic heterocycles. The number of amides is 2. The van der Waals surface area contributed by atoms with Crippen molar-refractivity contribution < 1.29 is 19.1 Å². The number of carbonyl (C=O) groups excluding carboxylic acids is 2. The van der Waals surface area contributed by atoms with Gasteiger partial charge < -0.3 is 24.3 Å². The first-order chi connectivity index (χ1) is 17.5. The molecular formula is C28H35N3O5. The maximum Gasteiger partial charge on any atom is 0.259 e. The van der Waals surface area contributed by atoms with Crippen LogP contribution in [0.3, 0.4) is 0 Å². The van der Waals surface area contributed by atoms with Crippen LogP contribution in [0.1, 0.15) is 64.8 Å². The van der Waals surface area contributed by atoms with E-state index in [2.05, 4.69) is 11.4 Å². The van der Waals surface area contributed by atoms with Crippen LogP contribution in [0.2, 0.25) is 0 Å². The van der Waals surface area contributed by atoms with Crippen molar-refractivity contribution in [2.45, 2.75) is 51.1 Å². The normalized spacial score (nSPS) is 17.4. The summed E-state index contributed by atoms with van der Waals surface area (Å²) in [6, 6.07) is 7.44. The van der Waals surface area contributed by atoms with Crippen molar-refractivity contribution in [2.24, 2.45) is 0 Å². The predicted octanol–water partition coefficient (Wildman–Crippen LogP) is 3.39. The predicted molar refractivity (Wildman–Crippen MR) is 138 cm³/mol. The standard InChI is InChI=1S/C28H35N3O5/c1-30(22-13-15-36-19-22)28(34)24-18-31(16-21-10-6-7-11-25(21)35-2)17-23(26(24)32)27(33)29-14-12-20-8-4-3-5-9-20/h6-8,10-11,17-18,22H,3-5,9,12-16,19H2,1-2H3,(H,29,33)/t22-/m0/s1. The number of para-hydroxylation sites is 1. The fourth-order valence-electron chi connectivity index (χ4n) is 4.81. The minimum absolute atomic E-state index is 0.0260. The highest BCUT2D eigenvalue weighted by molar-refractivity contribution is 5.99. The first-order valence-electron chi connectivity index (χ1n) is 12.6. The SMILES string of the molecule is COc1ccccc1Cn1cc(C(=O)NCCC2=CCCCC2)c(=O)c(C(=O)N(C)[C@H]2CCOC2)c1. The molecule has 192 valence electrons. The molecule has 36 heavy (non-hydrogen) atoms. The van der Waals surface area contributed by atoms with Crippen LogP contribution in [0.5, 0.6) is 5.75 Å². The second-order valence-electron chi connectivity index (χ2n) is 9.45. The molecule has 0 spiro atoms. The molecule has 1 aromatic carbocycles. The Labute approximate surface area is 211 Å². The number of aromatic nitrogens is 1.